The second kappa shape index (κ2) is 7.61. The first-order valence-corrected chi connectivity index (χ1v) is 7.04. The zero-order valence-corrected chi connectivity index (χ0v) is 13.4. The molecule has 3 N–H and O–H groups in total. The average Bonchev–Trinajstić information content (AvgIpc) is 2.36. The first-order valence-electron chi connectivity index (χ1n) is 7.04. The molecule has 0 spiro atoms. The molecule has 0 atom stereocenters. The summed E-state index contributed by atoms with van der Waals surface area (Å²) in [5.74, 6) is 1.43. The van der Waals surface area contributed by atoms with Crippen molar-refractivity contribution >= 4 is 23.8 Å². The first kappa shape index (κ1) is 16.9. The monoisotopic (exact) mass is 295 g/mol. The molecule has 1 aromatic rings. The summed E-state index contributed by atoms with van der Waals surface area (Å²) in [4.78, 5) is 27.9. The average molecular weight is 295 g/mol. The minimum Gasteiger partial charge on any atom is -0.368 e. The lowest BCUT2D eigenvalue weighted by atomic mass is 10.2. The lowest BCUT2D eigenvalue weighted by molar-refractivity contribution is -0.116. The Kier molecular flexibility index (Phi) is 6.13. The quantitative estimate of drug-likeness (QED) is 0.712. The molecule has 0 unspecified atom stereocenters. The van der Waals surface area contributed by atoms with Crippen molar-refractivity contribution in [2.75, 3.05) is 48.8 Å². The van der Waals surface area contributed by atoms with Gasteiger partial charge in [-0.2, -0.15) is 15.0 Å². The van der Waals surface area contributed by atoms with E-state index in [2.05, 4.69) is 34.1 Å². The van der Waals surface area contributed by atoms with Gasteiger partial charge in [-0.15, -0.1) is 0 Å². The highest BCUT2D eigenvalue weighted by Gasteiger charge is 2.17. The Bertz CT molecular complexity index is 476. The third-order valence-corrected chi connectivity index (χ3v) is 2.56. The van der Waals surface area contributed by atoms with Crippen molar-refractivity contribution in [1.29, 1.82) is 0 Å². The van der Waals surface area contributed by atoms with Crippen molar-refractivity contribution in [3.8, 4) is 0 Å². The summed E-state index contributed by atoms with van der Waals surface area (Å²) in [6, 6.07) is 0. The van der Waals surface area contributed by atoms with Crippen LogP contribution in [0.1, 0.15) is 20.8 Å². The number of hydrogen-bond donors (Lipinski definition) is 2. The van der Waals surface area contributed by atoms with E-state index in [1.165, 1.54) is 0 Å². The Labute approximate surface area is 125 Å². The number of nitrogens with two attached hydrogens (primary N) is 1. The molecule has 1 amide bonds. The van der Waals surface area contributed by atoms with Crippen molar-refractivity contribution in [3.05, 3.63) is 0 Å². The predicted molar refractivity (Wildman–Crippen MR) is 84.6 cm³/mol. The molecule has 0 radical (unpaired) electrons. The number of anilines is 3. The van der Waals surface area contributed by atoms with Gasteiger partial charge in [0.05, 0.1) is 6.54 Å². The summed E-state index contributed by atoms with van der Waals surface area (Å²) < 4.78 is 0. The number of rotatable bonds is 8. The fourth-order valence-corrected chi connectivity index (χ4v) is 1.78. The summed E-state index contributed by atoms with van der Waals surface area (Å²) in [5, 5.41) is 3.07. The molecular formula is C13H25N7O. The molecular weight excluding hydrogens is 270 g/mol. The van der Waals surface area contributed by atoms with Crippen molar-refractivity contribution in [2.45, 2.75) is 20.8 Å². The highest BCUT2D eigenvalue weighted by atomic mass is 16.1. The zero-order chi connectivity index (χ0) is 16.0. The van der Waals surface area contributed by atoms with Crippen molar-refractivity contribution in [1.82, 2.24) is 15.0 Å². The van der Waals surface area contributed by atoms with Crippen LogP contribution in [-0.2, 0) is 4.79 Å². The topological polar surface area (TPSA) is 100 Å². The molecule has 0 saturated heterocycles. The van der Waals surface area contributed by atoms with E-state index in [4.69, 9.17) is 5.73 Å². The van der Waals surface area contributed by atoms with E-state index in [1.807, 2.05) is 21.0 Å². The van der Waals surface area contributed by atoms with Crippen LogP contribution in [0, 0.1) is 5.92 Å². The third-order valence-electron chi connectivity index (χ3n) is 2.56. The van der Waals surface area contributed by atoms with Crippen LogP contribution in [0.15, 0.2) is 0 Å². The van der Waals surface area contributed by atoms with Gasteiger partial charge < -0.3 is 20.9 Å². The van der Waals surface area contributed by atoms with Crippen LogP contribution in [0.5, 0.6) is 0 Å². The van der Waals surface area contributed by atoms with Gasteiger partial charge in [0.2, 0.25) is 23.8 Å². The van der Waals surface area contributed by atoms with Gasteiger partial charge in [-0.05, 0) is 12.8 Å². The minimum absolute atomic E-state index is 0.0840. The fraction of sp³-hybridized carbons (Fsp3) is 0.692. The zero-order valence-electron chi connectivity index (χ0n) is 13.4. The first-order chi connectivity index (χ1) is 9.83. The molecule has 1 heterocycles. The SMILES string of the molecule is CCNc1nc(N(C)C)nc(N(CC(N)=O)CC(C)C)n1. The highest BCUT2D eigenvalue weighted by molar-refractivity contribution is 5.79. The Morgan fingerprint density at radius 3 is 2.33 bits per heavy atom. The summed E-state index contributed by atoms with van der Waals surface area (Å²) in [7, 11) is 3.71. The molecule has 0 aliphatic heterocycles. The summed E-state index contributed by atoms with van der Waals surface area (Å²) in [6.45, 7) is 7.52. The minimum atomic E-state index is -0.410. The Balaban J connectivity index is 3.17. The fourth-order valence-electron chi connectivity index (χ4n) is 1.78. The molecule has 0 fully saturated rings. The molecule has 118 valence electrons. The van der Waals surface area contributed by atoms with E-state index < -0.39 is 5.91 Å². The maximum absolute atomic E-state index is 11.3. The van der Waals surface area contributed by atoms with E-state index >= 15 is 0 Å². The van der Waals surface area contributed by atoms with Gasteiger partial charge in [-0.3, -0.25) is 4.79 Å². The standard InChI is InChI=1S/C13H25N7O/c1-6-15-11-16-12(19(4)5)18-13(17-11)20(7-9(2)3)8-10(14)21/h9H,6-8H2,1-5H3,(H2,14,21)(H,15,16,17,18). The maximum atomic E-state index is 11.3. The predicted octanol–water partition coefficient (Wildman–Crippen LogP) is 0.317. The van der Waals surface area contributed by atoms with Crippen molar-refractivity contribution in [3.63, 3.8) is 0 Å². The van der Waals surface area contributed by atoms with Gasteiger partial charge in [-0.1, -0.05) is 13.8 Å². The van der Waals surface area contributed by atoms with Gasteiger partial charge in [0.25, 0.3) is 0 Å². The number of hydrogen-bond acceptors (Lipinski definition) is 7. The Morgan fingerprint density at radius 1 is 1.24 bits per heavy atom. The molecule has 8 heteroatoms. The van der Waals surface area contributed by atoms with E-state index in [1.54, 1.807) is 9.80 Å². The lowest BCUT2D eigenvalue weighted by Gasteiger charge is -2.24. The van der Waals surface area contributed by atoms with Gasteiger partial charge in [0, 0.05) is 27.2 Å². The summed E-state index contributed by atoms with van der Waals surface area (Å²) in [5.41, 5.74) is 5.32. The normalized spacial score (nSPS) is 10.6. The number of carbonyl (C=O) groups is 1. The summed E-state index contributed by atoms with van der Waals surface area (Å²) >= 11 is 0. The third kappa shape index (κ3) is 5.41. The van der Waals surface area contributed by atoms with Crippen molar-refractivity contribution in [2.24, 2.45) is 11.7 Å². The molecule has 1 aromatic heterocycles. The molecule has 0 aliphatic carbocycles. The van der Waals surface area contributed by atoms with Gasteiger partial charge in [0.15, 0.2) is 0 Å². The highest BCUT2D eigenvalue weighted by Crippen LogP contribution is 2.16. The number of carbonyl (C=O) groups excluding carboxylic acids is 1. The van der Waals surface area contributed by atoms with Crippen LogP contribution in [0.2, 0.25) is 0 Å². The van der Waals surface area contributed by atoms with E-state index in [0.29, 0.717) is 36.9 Å². The lowest BCUT2D eigenvalue weighted by Crippen LogP contribution is -2.37. The van der Waals surface area contributed by atoms with Crippen LogP contribution in [-0.4, -0.2) is 54.6 Å². The molecule has 8 nitrogen and oxygen atoms in total. The second-order valence-electron chi connectivity index (χ2n) is 5.42. The Morgan fingerprint density at radius 2 is 1.86 bits per heavy atom. The maximum Gasteiger partial charge on any atom is 0.237 e. The molecule has 0 bridgehead atoms. The molecule has 0 aromatic carbocycles. The van der Waals surface area contributed by atoms with E-state index in [-0.39, 0.29) is 6.54 Å². The summed E-state index contributed by atoms with van der Waals surface area (Å²) in [6.07, 6.45) is 0. The number of nitrogens with one attached hydrogen (secondary N) is 1. The smallest absolute Gasteiger partial charge is 0.237 e. The van der Waals surface area contributed by atoms with Crippen molar-refractivity contribution < 1.29 is 4.79 Å². The molecule has 1 rings (SSSR count). The van der Waals surface area contributed by atoms with Crippen LogP contribution < -0.4 is 20.9 Å². The van der Waals surface area contributed by atoms with E-state index in [9.17, 15) is 4.79 Å². The van der Waals surface area contributed by atoms with E-state index in [0.717, 1.165) is 0 Å². The second-order valence-corrected chi connectivity index (χ2v) is 5.42. The molecule has 21 heavy (non-hydrogen) atoms. The molecule has 0 saturated carbocycles. The number of nitrogens with zero attached hydrogens (tertiary/aromatic N) is 5. The molecule has 0 aliphatic rings. The van der Waals surface area contributed by atoms with Gasteiger partial charge in [0.1, 0.15) is 0 Å². The van der Waals surface area contributed by atoms with Gasteiger partial charge in [-0.25, -0.2) is 0 Å². The Hall–Kier alpha value is -2.12. The number of primary amides is 1. The largest absolute Gasteiger partial charge is 0.368 e. The van der Waals surface area contributed by atoms with Gasteiger partial charge >= 0.3 is 0 Å². The van der Waals surface area contributed by atoms with Crippen LogP contribution in [0.4, 0.5) is 17.8 Å². The number of amides is 1. The van der Waals surface area contributed by atoms with Crippen LogP contribution in [0.25, 0.3) is 0 Å². The number of aromatic nitrogens is 3. The van der Waals surface area contributed by atoms with Crippen LogP contribution >= 0.6 is 0 Å². The van der Waals surface area contributed by atoms with Crippen LogP contribution in [0.3, 0.4) is 0 Å².